The molecule has 1 aromatic heterocycles. The van der Waals surface area contributed by atoms with Crippen molar-refractivity contribution in [1.82, 2.24) is 9.97 Å². The maximum Gasteiger partial charge on any atom is 0.145 e. The Morgan fingerprint density at radius 3 is 2.43 bits per heavy atom. The lowest BCUT2D eigenvalue weighted by Gasteiger charge is -2.18. The number of nitrogen functional groups attached to an aromatic ring is 1. The molecule has 21 heavy (non-hydrogen) atoms. The summed E-state index contributed by atoms with van der Waals surface area (Å²) < 4.78 is 5.53. The number of nitrogens with zero attached hydrogens (tertiary/aromatic N) is 2. The zero-order valence-corrected chi connectivity index (χ0v) is 13.7. The van der Waals surface area contributed by atoms with Crippen LogP contribution in [0, 0.1) is 0 Å². The highest BCUT2D eigenvalue weighted by Gasteiger charge is 2.18. The van der Waals surface area contributed by atoms with E-state index in [1.54, 1.807) is 0 Å². The van der Waals surface area contributed by atoms with E-state index in [-0.39, 0.29) is 5.41 Å². The maximum atomic E-state index is 5.53. The molecular formula is C15H29N5O. The molecule has 0 saturated heterocycles. The molecule has 0 radical (unpaired) electrons. The lowest BCUT2D eigenvalue weighted by molar-refractivity contribution is 0.131. The average Bonchev–Trinajstić information content (AvgIpc) is 2.45. The fourth-order valence-electron chi connectivity index (χ4n) is 1.69. The van der Waals surface area contributed by atoms with Crippen molar-refractivity contribution in [2.75, 3.05) is 30.5 Å². The molecule has 4 N–H and O–H groups in total. The van der Waals surface area contributed by atoms with Gasteiger partial charge >= 0.3 is 0 Å². The maximum absolute atomic E-state index is 5.53. The predicted molar refractivity (Wildman–Crippen MR) is 87.4 cm³/mol. The largest absolute Gasteiger partial charge is 0.381 e. The van der Waals surface area contributed by atoms with Gasteiger partial charge in [0.2, 0.25) is 0 Å². The Morgan fingerprint density at radius 1 is 1.14 bits per heavy atom. The minimum Gasteiger partial charge on any atom is -0.381 e. The first-order valence-electron chi connectivity index (χ1n) is 7.65. The third kappa shape index (κ3) is 6.73. The molecule has 0 saturated carbocycles. The van der Waals surface area contributed by atoms with Gasteiger partial charge in [-0.25, -0.2) is 15.8 Å². The van der Waals surface area contributed by atoms with Crippen LogP contribution in [0.25, 0.3) is 0 Å². The second-order valence-electron chi connectivity index (χ2n) is 6.10. The van der Waals surface area contributed by atoms with Gasteiger partial charge in [-0.3, -0.25) is 0 Å². The summed E-state index contributed by atoms with van der Waals surface area (Å²) in [6.07, 6.45) is 3.24. The topological polar surface area (TPSA) is 85.1 Å². The van der Waals surface area contributed by atoms with Crippen LogP contribution in [0.15, 0.2) is 6.07 Å². The summed E-state index contributed by atoms with van der Waals surface area (Å²) in [6.45, 7) is 10.8. The molecule has 1 rings (SSSR count). The van der Waals surface area contributed by atoms with Gasteiger partial charge in [-0.1, -0.05) is 34.1 Å². The molecule has 0 bridgehead atoms. The molecule has 0 aromatic carbocycles. The number of anilines is 2. The van der Waals surface area contributed by atoms with Crippen molar-refractivity contribution in [3.63, 3.8) is 0 Å². The molecule has 0 spiro atoms. The summed E-state index contributed by atoms with van der Waals surface area (Å²) in [6, 6.07) is 1.81. The Hall–Kier alpha value is -1.40. The van der Waals surface area contributed by atoms with Crippen molar-refractivity contribution in [3.05, 3.63) is 11.9 Å². The second-order valence-corrected chi connectivity index (χ2v) is 6.10. The molecule has 0 unspecified atom stereocenters. The molecule has 1 aromatic rings. The van der Waals surface area contributed by atoms with E-state index in [0.29, 0.717) is 5.82 Å². The van der Waals surface area contributed by atoms with Crippen molar-refractivity contribution < 1.29 is 4.74 Å². The van der Waals surface area contributed by atoms with Crippen LogP contribution in [0.2, 0.25) is 0 Å². The highest BCUT2D eigenvalue weighted by molar-refractivity contribution is 5.47. The Balaban J connectivity index is 2.47. The fraction of sp³-hybridized carbons (Fsp3) is 0.733. The fourth-order valence-corrected chi connectivity index (χ4v) is 1.69. The lowest BCUT2D eigenvalue weighted by Crippen LogP contribution is -2.20. The van der Waals surface area contributed by atoms with Crippen molar-refractivity contribution in [2.45, 2.75) is 52.4 Å². The number of aromatic nitrogens is 2. The highest BCUT2D eigenvalue weighted by Crippen LogP contribution is 2.21. The summed E-state index contributed by atoms with van der Waals surface area (Å²) in [5.74, 6) is 7.64. The van der Waals surface area contributed by atoms with Gasteiger partial charge in [0.25, 0.3) is 0 Å². The van der Waals surface area contributed by atoms with Crippen molar-refractivity contribution in [1.29, 1.82) is 0 Å². The molecule has 120 valence electrons. The molecule has 0 amide bonds. The van der Waals surface area contributed by atoms with Crippen LogP contribution in [0.4, 0.5) is 11.6 Å². The van der Waals surface area contributed by atoms with Gasteiger partial charge in [0, 0.05) is 31.2 Å². The average molecular weight is 295 g/mol. The molecule has 0 fully saturated rings. The van der Waals surface area contributed by atoms with Crippen LogP contribution in [0.3, 0.4) is 0 Å². The first-order chi connectivity index (χ1) is 9.97. The third-order valence-electron chi connectivity index (χ3n) is 2.96. The van der Waals surface area contributed by atoms with E-state index in [2.05, 4.69) is 48.4 Å². The molecular weight excluding hydrogens is 266 g/mol. The van der Waals surface area contributed by atoms with Crippen molar-refractivity contribution in [3.8, 4) is 0 Å². The Labute approximate surface area is 127 Å². The van der Waals surface area contributed by atoms with Crippen LogP contribution in [0.5, 0.6) is 0 Å². The molecule has 6 heteroatoms. The molecule has 0 aliphatic rings. The standard InChI is InChI=1S/C15H29N5O/c1-5-6-9-21-10-7-8-17-12-11-13(20-16)19-14(18-12)15(2,3)4/h11H,5-10,16H2,1-4H3,(H2,17,18,19,20). The quantitative estimate of drug-likeness (QED) is 0.369. The molecule has 1 heterocycles. The molecule has 6 nitrogen and oxygen atoms in total. The van der Waals surface area contributed by atoms with E-state index in [4.69, 9.17) is 10.6 Å². The van der Waals surface area contributed by atoms with E-state index >= 15 is 0 Å². The summed E-state index contributed by atoms with van der Waals surface area (Å²) in [5.41, 5.74) is 2.47. The second kappa shape index (κ2) is 8.79. The third-order valence-corrected chi connectivity index (χ3v) is 2.96. The van der Waals surface area contributed by atoms with Gasteiger partial charge in [0.15, 0.2) is 0 Å². The van der Waals surface area contributed by atoms with Gasteiger partial charge < -0.3 is 15.5 Å². The number of hydrazine groups is 1. The van der Waals surface area contributed by atoms with Gasteiger partial charge in [0.1, 0.15) is 17.5 Å². The van der Waals surface area contributed by atoms with Gasteiger partial charge in [-0.2, -0.15) is 0 Å². The normalized spacial score (nSPS) is 11.5. The number of nitrogens with one attached hydrogen (secondary N) is 2. The van der Waals surface area contributed by atoms with Crippen LogP contribution >= 0.6 is 0 Å². The number of ether oxygens (including phenoxy) is 1. The summed E-state index contributed by atoms with van der Waals surface area (Å²) in [4.78, 5) is 8.93. The Morgan fingerprint density at radius 2 is 1.81 bits per heavy atom. The van der Waals surface area contributed by atoms with Crippen LogP contribution < -0.4 is 16.6 Å². The van der Waals surface area contributed by atoms with Crippen molar-refractivity contribution >= 4 is 11.6 Å². The van der Waals surface area contributed by atoms with Gasteiger partial charge in [-0.15, -0.1) is 0 Å². The van der Waals surface area contributed by atoms with Crippen LogP contribution in [-0.4, -0.2) is 29.7 Å². The summed E-state index contributed by atoms with van der Waals surface area (Å²) >= 11 is 0. The summed E-state index contributed by atoms with van der Waals surface area (Å²) in [5, 5.41) is 3.30. The van der Waals surface area contributed by atoms with E-state index in [0.717, 1.165) is 44.2 Å². The smallest absolute Gasteiger partial charge is 0.145 e. The van der Waals surface area contributed by atoms with Crippen molar-refractivity contribution in [2.24, 2.45) is 5.84 Å². The Kier molecular flexibility index (Phi) is 7.39. The number of nitrogens with two attached hydrogens (primary N) is 1. The zero-order chi connectivity index (χ0) is 15.7. The highest BCUT2D eigenvalue weighted by atomic mass is 16.5. The lowest BCUT2D eigenvalue weighted by atomic mass is 9.96. The van der Waals surface area contributed by atoms with Crippen LogP contribution in [0.1, 0.15) is 52.8 Å². The SMILES string of the molecule is CCCCOCCCNc1cc(NN)nc(C(C)(C)C)n1. The molecule has 0 aliphatic heterocycles. The van der Waals surface area contributed by atoms with Gasteiger partial charge in [0.05, 0.1) is 0 Å². The Bertz CT molecular complexity index is 417. The van der Waals surface area contributed by atoms with E-state index in [1.807, 2.05) is 6.07 Å². The number of rotatable bonds is 9. The van der Waals surface area contributed by atoms with E-state index < -0.39 is 0 Å². The monoisotopic (exact) mass is 295 g/mol. The number of hydrogen-bond acceptors (Lipinski definition) is 6. The molecule has 0 atom stereocenters. The molecule has 0 aliphatic carbocycles. The summed E-state index contributed by atoms with van der Waals surface area (Å²) in [7, 11) is 0. The zero-order valence-electron chi connectivity index (χ0n) is 13.7. The first-order valence-corrected chi connectivity index (χ1v) is 7.65. The van der Waals surface area contributed by atoms with E-state index in [1.165, 1.54) is 6.42 Å². The minimum atomic E-state index is -0.118. The van der Waals surface area contributed by atoms with Crippen LogP contribution in [-0.2, 0) is 10.2 Å². The predicted octanol–water partition coefficient (Wildman–Crippen LogP) is 2.68. The minimum absolute atomic E-state index is 0.118. The van der Waals surface area contributed by atoms with E-state index in [9.17, 15) is 0 Å². The number of hydrogen-bond donors (Lipinski definition) is 3. The first kappa shape index (κ1) is 17.7. The van der Waals surface area contributed by atoms with Gasteiger partial charge in [-0.05, 0) is 12.8 Å². The number of unbranched alkanes of at least 4 members (excludes halogenated alkanes) is 1.